The van der Waals surface area contributed by atoms with Crippen molar-refractivity contribution >= 4 is 48.1 Å². The van der Waals surface area contributed by atoms with Gasteiger partial charge in [-0.3, -0.25) is 14.4 Å². The zero-order valence-electron chi connectivity index (χ0n) is 18.9. The molecule has 0 aliphatic heterocycles. The van der Waals surface area contributed by atoms with Gasteiger partial charge in [0.15, 0.2) is 0 Å². The Bertz CT molecular complexity index is 839. The van der Waals surface area contributed by atoms with Crippen molar-refractivity contribution in [3.8, 4) is 5.75 Å². The third kappa shape index (κ3) is 9.79. The fraction of sp³-hybridized carbons (Fsp3) is 0.524. The number of carbonyl (C=O) groups is 4. The normalized spacial score (nSPS) is 15.3. The Balaban J connectivity index is 2.88. The molecule has 0 radical (unpaired) electrons. The number of aromatic hydroxyl groups is 1. The number of aliphatic carboxylic acids is 1. The van der Waals surface area contributed by atoms with Gasteiger partial charge in [0.25, 0.3) is 0 Å². The summed E-state index contributed by atoms with van der Waals surface area (Å²) in [6, 6.07) is 1.42. The summed E-state index contributed by atoms with van der Waals surface area (Å²) < 4.78 is 0. The van der Waals surface area contributed by atoms with Crippen molar-refractivity contribution in [2.75, 3.05) is 17.8 Å². The Morgan fingerprint density at radius 3 is 2.12 bits per heavy atom. The van der Waals surface area contributed by atoms with Crippen molar-refractivity contribution < 1.29 is 34.5 Å². The van der Waals surface area contributed by atoms with Gasteiger partial charge in [0, 0.05) is 5.75 Å². The highest BCUT2D eigenvalue weighted by molar-refractivity contribution is 7.98. The predicted octanol–water partition coefficient (Wildman–Crippen LogP) is -1.14. The first kappa shape index (κ1) is 29.6. The number of carboxylic acids is 1. The van der Waals surface area contributed by atoms with E-state index in [9.17, 15) is 29.4 Å². The number of phenolic OH excluding ortho intramolecular Hbond substituents is 1. The highest BCUT2D eigenvalue weighted by Gasteiger charge is 2.32. The number of nitrogens with two attached hydrogens (primary N) is 1. The van der Waals surface area contributed by atoms with E-state index in [-0.39, 0.29) is 24.3 Å². The van der Waals surface area contributed by atoms with Crippen molar-refractivity contribution in [3.05, 3.63) is 29.8 Å². The Kier molecular flexibility index (Phi) is 12.8. The number of carbonyl (C=O) groups excluding carboxylic acids is 3. The Labute approximate surface area is 207 Å². The maximum atomic E-state index is 12.9. The Hall–Kier alpha value is -2.48. The topological polar surface area (TPSA) is 191 Å². The number of carboxylic acid groups (broad SMARTS) is 1. The fourth-order valence-corrected chi connectivity index (χ4v) is 3.59. The van der Waals surface area contributed by atoms with E-state index in [0.717, 1.165) is 0 Å². The van der Waals surface area contributed by atoms with E-state index < -0.39 is 54.0 Å². The van der Waals surface area contributed by atoms with E-state index >= 15 is 0 Å². The van der Waals surface area contributed by atoms with E-state index in [0.29, 0.717) is 11.3 Å². The quantitative estimate of drug-likeness (QED) is 0.141. The van der Waals surface area contributed by atoms with Crippen molar-refractivity contribution in [2.24, 2.45) is 5.73 Å². The van der Waals surface area contributed by atoms with Crippen LogP contribution < -0.4 is 21.7 Å². The minimum absolute atomic E-state index is 0.0799. The second kappa shape index (κ2) is 14.7. The molecule has 0 aliphatic carbocycles. The number of nitrogens with one attached hydrogen (secondary N) is 3. The second-order valence-electron chi connectivity index (χ2n) is 7.63. The summed E-state index contributed by atoms with van der Waals surface area (Å²) in [6.07, 6.45) is 0.880. The van der Waals surface area contributed by atoms with Crippen molar-refractivity contribution in [3.63, 3.8) is 0 Å². The molecule has 190 valence electrons. The summed E-state index contributed by atoms with van der Waals surface area (Å²) in [5.74, 6) is -3.12. The van der Waals surface area contributed by atoms with Gasteiger partial charge in [-0.25, -0.2) is 4.79 Å². The van der Waals surface area contributed by atoms with Gasteiger partial charge in [-0.1, -0.05) is 12.1 Å². The number of thioether (sulfide) groups is 1. The van der Waals surface area contributed by atoms with Gasteiger partial charge >= 0.3 is 5.97 Å². The fourth-order valence-electron chi connectivity index (χ4n) is 2.87. The van der Waals surface area contributed by atoms with Crippen LogP contribution in [0.4, 0.5) is 0 Å². The molecule has 0 heterocycles. The Morgan fingerprint density at radius 1 is 1.03 bits per heavy atom. The van der Waals surface area contributed by atoms with Gasteiger partial charge in [0.1, 0.15) is 23.9 Å². The van der Waals surface area contributed by atoms with Gasteiger partial charge < -0.3 is 37.0 Å². The monoisotopic (exact) mass is 516 g/mol. The zero-order chi connectivity index (χ0) is 25.8. The van der Waals surface area contributed by atoms with E-state index in [1.165, 1.54) is 30.8 Å². The summed E-state index contributed by atoms with van der Waals surface area (Å²) >= 11 is 5.31. The third-order valence-electron chi connectivity index (χ3n) is 4.83. The number of aliphatic hydroxyl groups is 1. The lowest BCUT2D eigenvalue weighted by atomic mass is 10.0. The number of benzene rings is 1. The van der Waals surface area contributed by atoms with E-state index in [4.69, 9.17) is 10.8 Å². The zero-order valence-corrected chi connectivity index (χ0v) is 20.6. The van der Waals surface area contributed by atoms with Crippen LogP contribution in [-0.4, -0.2) is 87.0 Å². The molecular formula is C21H32N4O7S2. The number of phenols is 1. The molecule has 13 heteroatoms. The van der Waals surface area contributed by atoms with Crippen molar-refractivity contribution in [1.82, 2.24) is 16.0 Å². The van der Waals surface area contributed by atoms with E-state index in [1.807, 2.05) is 6.26 Å². The average Bonchev–Trinajstić information content (AvgIpc) is 2.78. The number of hydrogen-bond donors (Lipinski definition) is 8. The molecule has 1 aromatic carbocycles. The van der Waals surface area contributed by atoms with Crippen LogP contribution >= 0.6 is 24.4 Å². The average molecular weight is 517 g/mol. The van der Waals surface area contributed by atoms with Crippen LogP contribution in [0.2, 0.25) is 0 Å². The molecular weight excluding hydrogens is 484 g/mol. The molecule has 1 rings (SSSR count). The lowest BCUT2D eigenvalue weighted by molar-refractivity contribution is -0.142. The van der Waals surface area contributed by atoms with Crippen molar-refractivity contribution in [1.29, 1.82) is 0 Å². The molecule has 11 nitrogen and oxygen atoms in total. The summed E-state index contributed by atoms with van der Waals surface area (Å²) in [5, 5.41) is 35.6. The highest BCUT2D eigenvalue weighted by atomic mass is 32.2. The Morgan fingerprint density at radius 2 is 1.62 bits per heavy atom. The first-order valence-electron chi connectivity index (χ1n) is 10.4. The van der Waals surface area contributed by atoms with Crippen LogP contribution in [0.1, 0.15) is 18.9 Å². The van der Waals surface area contributed by atoms with Gasteiger partial charge in [-0.05, 0) is 49.5 Å². The molecule has 34 heavy (non-hydrogen) atoms. The second-order valence-corrected chi connectivity index (χ2v) is 8.98. The first-order valence-corrected chi connectivity index (χ1v) is 12.5. The number of hydrogen-bond acceptors (Lipinski definition) is 9. The minimum Gasteiger partial charge on any atom is -0.508 e. The van der Waals surface area contributed by atoms with Gasteiger partial charge in [-0.15, -0.1) is 0 Å². The van der Waals surface area contributed by atoms with Gasteiger partial charge in [-0.2, -0.15) is 24.4 Å². The SMILES string of the molecule is CSCCC(NC(=O)C(N)Cc1ccc(O)cc1)C(=O)NC(C(=O)NC(CS)C(=O)O)C(C)O. The molecule has 5 unspecified atom stereocenters. The largest absolute Gasteiger partial charge is 0.508 e. The standard InChI is InChI=1S/C21H32N4O7S2/c1-11(26)17(20(30)24-16(10-33)21(31)32)25-19(29)15(7-8-34-2)23-18(28)14(22)9-12-3-5-13(27)6-4-12/h3-6,11,14-17,26-27,33H,7-10,22H2,1-2H3,(H,23,28)(H,24,30)(H,25,29)(H,31,32). The molecule has 5 atom stereocenters. The molecule has 8 N–H and O–H groups in total. The minimum atomic E-state index is -1.45. The lowest BCUT2D eigenvalue weighted by Crippen LogP contribution is -2.60. The van der Waals surface area contributed by atoms with E-state index in [2.05, 4.69) is 28.6 Å². The maximum Gasteiger partial charge on any atom is 0.327 e. The van der Waals surface area contributed by atoms with Crippen LogP contribution in [0.25, 0.3) is 0 Å². The number of aliphatic hydroxyl groups excluding tert-OH is 1. The van der Waals surface area contributed by atoms with Gasteiger partial charge in [0.2, 0.25) is 17.7 Å². The highest BCUT2D eigenvalue weighted by Crippen LogP contribution is 2.11. The lowest BCUT2D eigenvalue weighted by Gasteiger charge is -2.26. The summed E-state index contributed by atoms with van der Waals surface area (Å²) in [6.45, 7) is 1.27. The number of rotatable bonds is 14. The molecule has 0 aromatic heterocycles. The predicted molar refractivity (Wildman–Crippen MR) is 132 cm³/mol. The van der Waals surface area contributed by atoms with Crippen LogP contribution in [-0.2, 0) is 25.6 Å². The molecule has 1 aromatic rings. The molecule has 0 aliphatic rings. The van der Waals surface area contributed by atoms with Crippen LogP contribution in [0.5, 0.6) is 5.75 Å². The molecule has 0 saturated carbocycles. The van der Waals surface area contributed by atoms with Crippen LogP contribution in [0.15, 0.2) is 24.3 Å². The molecule has 0 fully saturated rings. The van der Waals surface area contributed by atoms with Crippen molar-refractivity contribution in [2.45, 2.75) is 50.0 Å². The molecule has 0 spiro atoms. The number of amides is 3. The smallest absolute Gasteiger partial charge is 0.327 e. The third-order valence-corrected chi connectivity index (χ3v) is 5.84. The van der Waals surface area contributed by atoms with Crippen LogP contribution in [0, 0.1) is 0 Å². The molecule has 3 amide bonds. The van der Waals surface area contributed by atoms with Gasteiger partial charge in [0.05, 0.1) is 12.1 Å². The number of thiol groups is 1. The maximum absolute atomic E-state index is 12.9. The molecule has 0 saturated heterocycles. The summed E-state index contributed by atoms with van der Waals surface area (Å²) in [5.41, 5.74) is 6.70. The molecule has 0 bridgehead atoms. The van der Waals surface area contributed by atoms with E-state index in [1.54, 1.807) is 12.1 Å². The summed E-state index contributed by atoms with van der Waals surface area (Å²) in [4.78, 5) is 49.1. The van der Waals surface area contributed by atoms with Crippen LogP contribution in [0.3, 0.4) is 0 Å². The first-order chi connectivity index (χ1) is 16.0. The summed E-state index contributed by atoms with van der Waals surface area (Å²) in [7, 11) is 0.